The van der Waals surface area contributed by atoms with Crippen molar-refractivity contribution in [1.82, 2.24) is 5.32 Å². The fourth-order valence-electron chi connectivity index (χ4n) is 0.657. The summed E-state index contributed by atoms with van der Waals surface area (Å²) in [4.78, 5) is 11.1. The number of nitrogens with one attached hydrogen (secondary N) is 1. The Labute approximate surface area is 68.7 Å². The summed E-state index contributed by atoms with van der Waals surface area (Å²) in [6.07, 6.45) is 3.55. The van der Waals surface area contributed by atoms with Gasteiger partial charge in [0, 0.05) is 12.5 Å². The Kier molecular flexibility index (Phi) is 5.53. The van der Waals surface area contributed by atoms with Crippen LogP contribution in [0, 0.1) is 5.92 Å². The molecule has 1 unspecified atom stereocenters. The highest BCUT2D eigenvalue weighted by Gasteiger charge is 2.07. The molecule has 0 heterocycles. The fourth-order valence-corrected chi connectivity index (χ4v) is 0.657. The summed E-state index contributed by atoms with van der Waals surface area (Å²) < 4.78 is 0. The van der Waals surface area contributed by atoms with E-state index in [0.29, 0.717) is 6.54 Å². The molecule has 0 saturated carbocycles. The molecule has 0 spiro atoms. The lowest BCUT2D eigenvalue weighted by Gasteiger charge is -2.07. The topological polar surface area (TPSA) is 29.1 Å². The minimum atomic E-state index is 0.139. The molecule has 2 nitrogen and oxygen atoms in total. The Balaban J connectivity index is 3.43. The van der Waals surface area contributed by atoms with Gasteiger partial charge in [-0.15, -0.1) is 6.58 Å². The second-order valence-electron chi connectivity index (χ2n) is 2.68. The average molecular weight is 155 g/mol. The largest absolute Gasteiger partial charge is 0.356 e. The Hall–Kier alpha value is -0.790. The van der Waals surface area contributed by atoms with E-state index >= 15 is 0 Å². The summed E-state index contributed by atoms with van der Waals surface area (Å²) in [6, 6.07) is 0. The molecule has 0 aromatic rings. The molecular formula is C9H17NO. The highest BCUT2D eigenvalue weighted by molar-refractivity contribution is 5.78. The van der Waals surface area contributed by atoms with Gasteiger partial charge in [0.25, 0.3) is 0 Å². The first-order chi connectivity index (χ1) is 5.22. The van der Waals surface area contributed by atoms with Crippen molar-refractivity contribution in [2.24, 2.45) is 5.92 Å². The van der Waals surface area contributed by atoms with E-state index in [-0.39, 0.29) is 11.8 Å². The van der Waals surface area contributed by atoms with Crippen molar-refractivity contribution < 1.29 is 4.79 Å². The van der Waals surface area contributed by atoms with Crippen LogP contribution in [0.15, 0.2) is 12.7 Å². The molecule has 64 valence electrons. The maximum absolute atomic E-state index is 11.1. The second kappa shape index (κ2) is 5.96. The molecule has 2 heteroatoms. The number of rotatable bonds is 5. The molecule has 11 heavy (non-hydrogen) atoms. The zero-order valence-corrected chi connectivity index (χ0v) is 7.39. The van der Waals surface area contributed by atoms with Crippen molar-refractivity contribution in [1.29, 1.82) is 0 Å². The minimum Gasteiger partial charge on any atom is -0.356 e. The maximum Gasteiger partial charge on any atom is 0.222 e. The Bertz CT molecular complexity index is 132. The van der Waals surface area contributed by atoms with E-state index in [9.17, 15) is 4.79 Å². The van der Waals surface area contributed by atoms with Crippen LogP contribution in [0.4, 0.5) is 0 Å². The Morgan fingerprint density at radius 3 is 2.82 bits per heavy atom. The van der Waals surface area contributed by atoms with Gasteiger partial charge in [0.05, 0.1) is 0 Å². The van der Waals surface area contributed by atoms with Gasteiger partial charge in [-0.1, -0.05) is 19.9 Å². The van der Waals surface area contributed by atoms with Crippen LogP contribution in [0.1, 0.15) is 26.7 Å². The Morgan fingerprint density at radius 2 is 2.36 bits per heavy atom. The van der Waals surface area contributed by atoms with Gasteiger partial charge in [0.1, 0.15) is 0 Å². The zero-order chi connectivity index (χ0) is 8.69. The van der Waals surface area contributed by atoms with Gasteiger partial charge < -0.3 is 5.32 Å². The van der Waals surface area contributed by atoms with E-state index in [2.05, 4.69) is 11.9 Å². The monoisotopic (exact) mass is 155 g/mol. The number of amides is 1. The van der Waals surface area contributed by atoms with Crippen molar-refractivity contribution in [2.45, 2.75) is 26.7 Å². The van der Waals surface area contributed by atoms with E-state index < -0.39 is 0 Å². The van der Waals surface area contributed by atoms with Crippen LogP contribution in [0.2, 0.25) is 0 Å². The molecule has 0 rings (SSSR count). The summed E-state index contributed by atoms with van der Waals surface area (Å²) in [5.41, 5.74) is 0. The molecule has 0 fully saturated rings. The van der Waals surface area contributed by atoms with Gasteiger partial charge in [-0.25, -0.2) is 0 Å². The van der Waals surface area contributed by atoms with Gasteiger partial charge >= 0.3 is 0 Å². The lowest BCUT2D eigenvalue weighted by molar-refractivity contribution is -0.124. The van der Waals surface area contributed by atoms with E-state index in [4.69, 9.17) is 0 Å². The van der Waals surface area contributed by atoms with Crippen molar-refractivity contribution in [3.05, 3.63) is 12.7 Å². The quantitative estimate of drug-likeness (QED) is 0.475. The van der Waals surface area contributed by atoms with Crippen molar-refractivity contribution >= 4 is 5.91 Å². The molecule has 0 aliphatic carbocycles. The standard InChI is InChI=1S/C9H17NO/c1-4-6-7-10-9(11)8(3)5-2/h4,8H,1,5-7H2,2-3H3,(H,10,11). The molecule has 0 aliphatic heterocycles. The van der Waals surface area contributed by atoms with Gasteiger partial charge in [-0.2, -0.15) is 0 Å². The van der Waals surface area contributed by atoms with Crippen LogP contribution in [0.3, 0.4) is 0 Å². The van der Waals surface area contributed by atoms with Crippen molar-refractivity contribution in [2.75, 3.05) is 6.54 Å². The molecule has 1 N–H and O–H groups in total. The van der Waals surface area contributed by atoms with Crippen LogP contribution >= 0.6 is 0 Å². The first-order valence-electron chi connectivity index (χ1n) is 4.11. The van der Waals surface area contributed by atoms with E-state index in [0.717, 1.165) is 12.8 Å². The maximum atomic E-state index is 11.1. The summed E-state index contributed by atoms with van der Waals surface area (Å²) in [5.74, 6) is 0.286. The highest BCUT2D eigenvalue weighted by Crippen LogP contribution is 1.99. The first kappa shape index (κ1) is 10.2. The summed E-state index contributed by atoms with van der Waals surface area (Å²) in [7, 11) is 0. The van der Waals surface area contributed by atoms with E-state index in [1.165, 1.54) is 0 Å². The van der Waals surface area contributed by atoms with Crippen LogP contribution in [0.5, 0.6) is 0 Å². The molecule has 1 atom stereocenters. The molecule has 0 aliphatic rings. The van der Waals surface area contributed by atoms with Gasteiger partial charge in [-0.3, -0.25) is 4.79 Å². The lowest BCUT2D eigenvalue weighted by atomic mass is 10.1. The molecule has 0 aromatic carbocycles. The Morgan fingerprint density at radius 1 is 1.73 bits per heavy atom. The molecule has 0 aromatic heterocycles. The van der Waals surface area contributed by atoms with Crippen LogP contribution < -0.4 is 5.32 Å². The van der Waals surface area contributed by atoms with Crippen LogP contribution in [0.25, 0.3) is 0 Å². The third-order valence-corrected chi connectivity index (χ3v) is 1.71. The molecule has 0 saturated heterocycles. The predicted octanol–water partition coefficient (Wildman–Crippen LogP) is 1.72. The highest BCUT2D eigenvalue weighted by atomic mass is 16.1. The summed E-state index contributed by atoms with van der Waals surface area (Å²) in [5, 5.41) is 2.82. The second-order valence-corrected chi connectivity index (χ2v) is 2.68. The van der Waals surface area contributed by atoms with Crippen molar-refractivity contribution in [3.63, 3.8) is 0 Å². The number of carbonyl (C=O) groups is 1. The van der Waals surface area contributed by atoms with Crippen molar-refractivity contribution in [3.8, 4) is 0 Å². The molecular weight excluding hydrogens is 138 g/mol. The third kappa shape index (κ3) is 4.59. The molecule has 0 radical (unpaired) electrons. The molecule has 0 bridgehead atoms. The third-order valence-electron chi connectivity index (χ3n) is 1.71. The average Bonchev–Trinajstić information content (AvgIpc) is 2.03. The normalized spacial score (nSPS) is 12.2. The van der Waals surface area contributed by atoms with Crippen LogP contribution in [-0.2, 0) is 4.79 Å². The van der Waals surface area contributed by atoms with E-state index in [1.54, 1.807) is 6.08 Å². The number of hydrogen-bond acceptors (Lipinski definition) is 1. The van der Waals surface area contributed by atoms with Crippen LogP contribution in [-0.4, -0.2) is 12.5 Å². The van der Waals surface area contributed by atoms with Gasteiger partial charge in [-0.05, 0) is 12.8 Å². The van der Waals surface area contributed by atoms with E-state index in [1.807, 2.05) is 13.8 Å². The molecule has 1 amide bonds. The lowest BCUT2D eigenvalue weighted by Crippen LogP contribution is -2.29. The fraction of sp³-hybridized carbons (Fsp3) is 0.667. The number of carbonyl (C=O) groups excluding carboxylic acids is 1. The number of hydrogen-bond donors (Lipinski definition) is 1. The predicted molar refractivity (Wildman–Crippen MR) is 47.3 cm³/mol. The minimum absolute atomic E-state index is 0.139. The summed E-state index contributed by atoms with van der Waals surface area (Å²) >= 11 is 0. The summed E-state index contributed by atoms with van der Waals surface area (Å²) in [6.45, 7) is 8.23. The van der Waals surface area contributed by atoms with Gasteiger partial charge in [0.2, 0.25) is 5.91 Å². The SMILES string of the molecule is C=CCCNC(=O)C(C)CC. The first-order valence-corrected chi connectivity index (χ1v) is 4.11. The van der Waals surface area contributed by atoms with Gasteiger partial charge in [0.15, 0.2) is 0 Å². The smallest absolute Gasteiger partial charge is 0.222 e. The zero-order valence-electron chi connectivity index (χ0n) is 7.39.